The molecule has 1 aromatic carbocycles. The van der Waals surface area contributed by atoms with E-state index in [0.717, 1.165) is 19.2 Å². The predicted molar refractivity (Wildman–Crippen MR) is 88.9 cm³/mol. The molecule has 0 saturated heterocycles. The van der Waals surface area contributed by atoms with Crippen LogP contribution in [0.4, 0.5) is 10.1 Å². The molecule has 7 nitrogen and oxygen atoms in total. The largest absolute Gasteiger partial charge is 0.465 e. The lowest BCUT2D eigenvalue weighted by Crippen LogP contribution is -2.16. The van der Waals surface area contributed by atoms with Crippen LogP contribution in [0.5, 0.6) is 0 Å². The Morgan fingerprint density at radius 2 is 2.08 bits per heavy atom. The van der Waals surface area contributed by atoms with Crippen LogP contribution in [0.25, 0.3) is 0 Å². The van der Waals surface area contributed by atoms with E-state index in [-0.39, 0.29) is 21.8 Å². The van der Waals surface area contributed by atoms with Crippen LogP contribution in [-0.2, 0) is 14.8 Å². The molecule has 0 aliphatic rings. The Morgan fingerprint density at radius 1 is 1.42 bits per heavy atom. The quantitative estimate of drug-likeness (QED) is 0.752. The number of nitrogens with one attached hydrogen (secondary N) is 1. The van der Waals surface area contributed by atoms with E-state index in [2.05, 4.69) is 30.5 Å². The summed E-state index contributed by atoms with van der Waals surface area (Å²) in [7, 11) is -3.10. The van der Waals surface area contributed by atoms with Crippen LogP contribution in [0.3, 0.4) is 0 Å². The molecule has 0 radical (unpaired) electrons. The van der Waals surface area contributed by atoms with Gasteiger partial charge in [-0.05, 0) is 41.9 Å². The number of anilines is 1. The summed E-state index contributed by atoms with van der Waals surface area (Å²) in [6, 6.07) is 1.86. The fraction of sp³-hybridized carbons (Fsp3) is 0.286. The molecular weight excluding hydrogens is 405 g/mol. The summed E-state index contributed by atoms with van der Waals surface area (Å²) in [4.78, 5) is 11.0. The van der Waals surface area contributed by atoms with Crippen LogP contribution in [0.1, 0.15) is 30.2 Å². The summed E-state index contributed by atoms with van der Waals surface area (Å²) >= 11 is 3.01. The zero-order valence-corrected chi connectivity index (χ0v) is 15.5. The zero-order chi connectivity index (χ0) is 18.1. The van der Waals surface area contributed by atoms with Gasteiger partial charge in [0.2, 0.25) is 0 Å². The summed E-state index contributed by atoms with van der Waals surface area (Å²) in [6.45, 7) is 3.75. The second-order valence-electron chi connectivity index (χ2n) is 5.16. The highest BCUT2D eigenvalue weighted by Crippen LogP contribution is 2.26. The van der Waals surface area contributed by atoms with Crippen LogP contribution in [0.2, 0.25) is 0 Å². The van der Waals surface area contributed by atoms with Gasteiger partial charge in [0, 0.05) is 16.7 Å². The summed E-state index contributed by atoms with van der Waals surface area (Å²) < 4.78 is 47.4. The minimum Gasteiger partial charge on any atom is -0.465 e. The standard InChI is InChI=1S/C14H15BrFN3O4S/c1-8(2)19-7-9(6-17-19)18-24(21,22)13-4-10(14(20)23-3)11(15)5-12(13)16/h4-8,18H,1-3H3. The first-order valence-electron chi connectivity index (χ1n) is 6.80. The van der Waals surface area contributed by atoms with Gasteiger partial charge in [0.15, 0.2) is 0 Å². The van der Waals surface area contributed by atoms with Crippen molar-refractivity contribution in [2.24, 2.45) is 0 Å². The predicted octanol–water partition coefficient (Wildman–Crippen LogP) is 2.95. The van der Waals surface area contributed by atoms with Crippen molar-refractivity contribution in [3.05, 3.63) is 40.4 Å². The fourth-order valence-corrected chi connectivity index (χ4v) is 3.48. The van der Waals surface area contributed by atoms with Gasteiger partial charge in [-0.25, -0.2) is 17.6 Å². The number of benzene rings is 1. The van der Waals surface area contributed by atoms with E-state index in [0.29, 0.717) is 0 Å². The molecule has 0 amide bonds. The fourth-order valence-electron chi connectivity index (χ4n) is 1.88. The highest BCUT2D eigenvalue weighted by molar-refractivity contribution is 9.10. The van der Waals surface area contributed by atoms with Gasteiger partial charge in [0.05, 0.1) is 24.6 Å². The number of halogens is 2. The number of carbonyl (C=O) groups is 1. The molecule has 0 aliphatic heterocycles. The number of aromatic nitrogens is 2. The van der Waals surface area contributed by atoms with Gasteiger partial charge in [-0.15, -0.1) is 0 Å². The summed E-state index contributed by atoms with van der Waals surface area (Å²) in [5.41, 5.74) is 0.0859. The van der Waals surface area contributed by atoms with Crippen LogP contribution >= 0.6 is 15.9 Å². The van der Waals surface area contributed by atoms with Gasteiger partial charge >= 0.3 is 5.97 Å². The van der Waals surface area contributed by atoms with Gasteiger partial charge < -0.3 is 4.74 Å². The van der Waals surface area contributed by atoms with Gasteiger partial charge in [-0.2, -0.15) is 5.10 Å². The van der Waals surface area contributed by atoms with Crippen LogP contribution < -0.4 is 4.72 Å². The number of sulfonamides is 1. The van der Waals surface area contributed by atoms with E-state index in [1.165, 1.54) is 12.4 Å². The third-order valence-electron chi connectivity index (χ3n) is 3.10. The van der Waals surface area contributed by atoms with Gasteiger partial charge in [0.1, 0.15) is 10.7 Å². The molecule has 10 heteroatoms. The van der Waals surface area contributed by atoms with E-state index < -0.39 is 26.7 Å². The first kappa shape index (κ1) is 18.4. The molecule has 1 aromatic heterocycles. The van der Waals surface area contributed by atoms with Gasteiger partial charge in [-0.3, -0.25) is 9.40 Å². The van der Waals surface area contributed by atoms with Crippen molar-refractivity contribution in [2.45, 2.75) is 24.8 Å². The lowest BCUT2D eigenvalue weighted by atomic mass is 10.2. The minimum atomic E-state index is -4.24. The number of hydrogen-bond acceptors (Lipinski definition) is 5. The molecule has 2 aromatic rings. The maximum absolute atomic E-state index is 14.1. The van der Waals surface area contributed by atoms with E-state index in [1.807, 2.05) is 13.8 Å². The van der Waals surface area contributed by atoms with Crippen LogP contribution in [0.15, 0.2) is 33.9 Å². The number of hydrogen-bond donors (Lipinski definition) is 1. The molecule has 1 N–H and O–H groups in total. The average Bonchev–Trinajstić information content (AvgIpc) is 2.94. The Kier molecular flexibility index (Phi) is 5.29. The van der Waals surface area contributed by atoms with Crippen molar-refractivity contribution in [2.75, 3.05) is 11.8 Å². The molecule has 0 aliphatic carbocycles. The summed E-state index contributed by atoms with van der Waals surface area (Å²) in [6.07, 6.45) is 2.80. The molecule has 24 heavy (non-hydrogen) atoms. The first-order valence-corrected chi connectivity index (χ1v) is 9.07. The van der Waals surface area contributed by atoms with E-state index in [4.69, 9.17) is 0 Å². The average molecular weight is 420 g/mol. The molecule has 0 fully saturated rings. The van der Waals surface area contributed by atoms with Crippen LogP contribution in [0, 0.1) is 5.82 Å². The maximum atomic E-state index is 14.1. The highest BCUT2D eigenvalue weighted by Gasteiger charge is 2.24. The number of esters is 1. The Labute approximate surface area is 147 Å². The Hall–Kier alpha value is -1.94. The van der Waals surface area contributed by atoms with Crippen molar-refractivity contribution in [1.82, 2.24) is 9.78 Å². The summed E-state index contributed by atoms with van der Waals surface area (Å²) in [5.74, 6) is -1.79. The van der Waals surface area contributed by atoms with Crippen molar-refractivity contribution in [1.29, 1.82) is 0 Å². The molecular formula is C14H15BrFN3O4S. The third kappa shape index (κ3) is 3.75. The van der Waals surface area contributed by atoms with Crippen LogP contribution in [-0.4, -0.2) is 31.3 Å². The third-order valence-corrected chi connectivity index (χ3v) is 5.15. The highest BCUT2D eigenvalue weighted by atomic mass is 79.9. The maximum Gasteiger partial charge on any atom is 0.339 e. The number of rotatable bonds is 5. The van der Waals surface area contributed by atoms with Crippen molar-refractivity contribution in [3.63, 3.8) is 0 Å². The van der Waals surface area contributed by atoms with E-state index >= 15 is 0 Å². The van der Waals surface area contributed by atoms with Crippen molar-refractivity contribution < 1.29 is 22.3 Å². The van der Waals surface area contributed by atoms with Gasteiger partial charge in [0.25, 0.3) is 10.0 Å². The van der Waals surface area contributed by atoms with E-state index in [1.54, 1.807) is 4.68 Å². The Balaban J connectivity index is 2.42. The summed E-state index contributed by atoms with van der Waals surface area (Å²) in [5, 5.41) is 4.00. The minimum absolute atomic E-state index is 0.0404. The number of ether oxygens (including phenoxy) is 1. The monoisotopic (exact) mass is 419 g/mol. The van der Waals surface area contributed by atoms with Crippen molar-refractivity contribution in [3.8, 4) is 0 Å². The first-order chi connectivity index (χ1) is 11.2. The zero-order valence-electron chi connectivity index (χ0n) is 13.1. The smallest absolute Gasteiger partial charge is 0.339 e. The lowest BCUT2D eigenvalue weighted by Gasteiger charge is -2.10. The molecule has 130 valence electrons. The number of nitrogens with zero attached hydrogens (tertiary/aromatic N) is 2. The molecule has 1 heterocycles. The normalized spacial score (nSPS) is 11.6. The lowest BCUT2D eigenvalue weighted by molar-refractivity contribution is 0.0599. The Bertz CT molecular complexity index is 880. The Morgan fingerprint density at radius 3 is 2.62 bits per heavy atom. The molecule has 0 spiro atoms. The van der Waals surface area contributed by atoms with E-state index in [9.17, 15) is 17.6 Å². The second-order valence-corrected chi connectivity index (χ2v) is 7.67. The van der Waals surface area contributed by atoms with Gasteiger partial charge in [-0.1, -0.05) is 0 Å². The molecule has 0 unspecified atom stereocenters. The second kappa shape index (κ2) is 6.89. The number of carbonyl (C=O) groups excluding carboxylic acids is 1. The van der Waals surface area contributed by atoms with Crippen molar-refractivity contribution >= 4 is 37.6 Å². The topological polar surface area (TPSA) is 90.3 Å². The molecule has 0 bridgehead atoms. The molecule has 2 rings (SSSR count). The SMILES string of the molecule is COC(=O)c1cc(S(=O)(=O)Nc2cnn(C(C)C)c2)c(F)cc1Br. The molecule has 0 atom stereocenters. The number of methoxy groups -OCH3 is 1. The molecule has 0 saturated carbocycles.